The van der Waals surface area contributed by atoms with Crippen molar-refractivity contribution in [3.8, 4) is 0 Å². The van der Waals surface area contributed by atoms with Crippen molar-refractivity contribution >= 4 is 0 Å². The Hall–Kier alpha value is -0.860. The summed E-state index contributed by atoms with van der Waals surface area (Å²) in [4.78, 5) is 2.50. The predicted molar refractivity (Wildman–Crippen MR) is 63.8 cm³/mol. The Labute approximate surface area is 92.1 Å². The van der Waals surface area contributed by atoms with Gasteiger partial charge in [0.25, 0.3) is 0 Å². The molecule has 2 N–H and O–H groups in total. The topological polar surface area (TPSA) is 29.3 Å². The molecule has 15 heavy (non-hydrogen) atoms. The molecule has 1 aromatic rings. The number of hydrogen-bond acceptors (Lipinski definition) is 2. The third-order valence-electron chi connectivity index (χ3n) is 3.25. The molecule has 0 aliphatic carbocycles. The molecule has 2 atom stereocenters. The minimum Gasteiger partial charge on any atom is -0.326 e. The normalized spacial score (nSPS) is 24.3. The van der Waals surface area contributed by atoms with Crippen LogP contribution in [-0.4, -0.2) is 30.1 Å². The van der Waals surface area contributed by atoms with Gasteiger partial charge in [0.15, 0.2) is 0 Å². The molecule has 0 aromatic heterocycles. The summed E-state index contributed by atoms with van der Waals surface area (Å²) in [6, 6.07) is 11.7. The molecule has 1 heterocycles. The molecule has 2 heteroatoms. The third-order valence-corrected chi connectivity index (χ3v) is 3.25. The lowest BCUT2D eigenvalue weighted by molar-refractivity contribution is 0.254. The van der Waals surface area contributed by atoms with E-state index in [-0.39, 0.29) is 0 Å². The highest BCUT2D eigenvalue weighted by Crippen LogP contribution is 2.14. The van der Waals surface area contributed by atoms with Crippen LogP contribution in [0.1, 0.15) is 18.9 Å². The Kier molecular flexibility index (Phi) is 3.39. The maximum absolute atomic E-state index is 5.91. The molecule has 0 unspecified atom stereocenters. The summed E-state index contributed by atoms with van der Waals surface area (Å²) < 4.78 is 0. The molecule has 1 aliphatic heterocycles. The molecule has 2 nitrogen and oxygen atoms in total. The van der Waals surface area contributed by atoms with Gasteiger partial charge < -0.3 is 5.73 Å². The second-order valence-corrected chi connectivity index (χ2v) is 4.58. The first-order valence-electron chi connectivity index (χ1n) is 5.79. The van der Waals surface area contributed by atoms with Crippen LogP contribution in [0.15, 0.2) is 30.3 Å². The van der Waals surface area contributed by atoms with Crippen molar-refractivity contribution in [1.82, 2.24) is 4.90 Å². The van der Waals surface area contributed by atoms with E-state index in [1.165, 1.54) is 5.56 Å². The van der Waals surface area contributed by atoms with E-state index in [0.717, 1.165) is 25.9 Å². The summed E-state index contributed by atoms with van der Waals surface area (Å²) in [5, 5.41) is 0. The van der Waals surface area contributed by atoms with Crippen molar-refractivity contribution in [2.75, 3.05) is 13.1 Å². The maximum atomic E-state index is 5.91. The third kappa shape index (κ3) is 2.80. The second kappa shape index (κ2) is 4.77. The Morgan fingerprint density at radius 3 is 2.73 bits per heavy atom. The quantitative estimate of drug-likeness (QED) is 0.811. The maximum Gasteiger partial charge on any atom is 0.0180 e. The van der Waals surface area contributed by atoms with Crippen molar-refractivity contribution in [1.29, 1.82) is 0 Å². The van der Waals surface area contributed by atoms with Gasteiger partial charge in [-0.3, -0.25) is 4.90 Å². The zero-order valence-electron chi connectivity index (χ0n) is 9.39. The fourth-order valence-electron chi connectivity index (χ4n) is 2.30. The number of hydrogen-bond donors (Lipinski definition) is 1. The van der Waals surface area contributed by atoms with Crippen LogP contribution in [0.25, 0.3) is 0 Å². The molecule has 0 saturated carbocycles. The number of nitrogens with zero attached hydrogens (tertiary/aromatic N) is 1. The van der Waals surface area contributed by atoms with Crippen LogP contribution in [-0.2, 0) is 6.42 Å². The van der Waals surface area contributed by atoms with E-state index in [0.29, 0.717) is 12.1 Å². The Morgan fingerprint density at radius 1 is 1.40 bits per heavy atom. The van der Waals surface area contributed by atoms with Crippen LogP contribution >= 0.6 is 0 Å². The SMILES string of the molecule is C[C@H](Cc1ccccc1)N1CC[C@@H](N)C1. The van der Waals surface area contributed by atoms with E-state index >= 15 is 0 Å². The van der Waals surface area contributed by atoms with Crippen LogP contribution in [0.5, 0.6) is 0 Å². The van der Waals surface area contributed by atoms with E-state index in [4.69, 9.17) is 5.73 Å². The number of rotatable bonds is 3. The van der Waals surface area contributed by atoms with Crippen molar-refractivity contribution in [2.45, 2.75) is 31.8 Å². The minimum atomic E-state index is 0.392. The summed E-state index contributed by atoms with van der Waals surface area (Å²) in [6.45, 7) is 4.52. The molecular formula is C13H20N2. The first-order chi connectivity index (χ1) is 7.25. The van der Waals surface area contributed by atoms with E-state index < -0.39 is 0 Å². The molecule has 1 aromatic carbocycles. The lowest BCUT2D eigenvalue weighted by atomic mass is 10.1. The van der Waals surface area contributed by atoms with Gasteiger partial charge in [0.05, 0.1) is 0 Å². The second-order valence-electron chi connectivity index (χ2n) is 4.58. The molecular weight excluding hydrogens is 184 g/mol. The van der Waals surface area contributed by atoms with Crippen LogP contribution in [0.3, 0.4) is 0 Å². The van der Waals surface area contributed by atoms with Crippen molar-refractivity contribution in [3.05, 3.63) is 35.9 Å². The monoisotopic (exact) mass is 204 g/mol. The van der Waals surface area contributed by atoms with E-state index in [2.05, 4.69) is 42.2 Å². The predicted octanol–water partition coefficient (Wildman–Crippen LogP) is 1.65. The van der Waals surface area contributed by atoms with Crippen molar-refractivity contribution < 1.29 is 0 Å². The molecule has 1 aliphatic rings. The van der Waals surface area contributed by atoms with Crippen LogP contribution in [0.2, 0.25) is 0 Å². The molecule has 0 spiro atoms. The largest absolute Gasteiger partial charge is 0.326 e. The minimum absolute atomic E-state index is 0.392. The average molecular weight is 204 g/mol. The van der Waals surface area contributed by atoms with Gasteiger partial charge in [0, 0.05) is 25.2 Å². The number of benzene rings is 1. The Balaban J connectivity index is 1.90. The highest BCUT2D eigenvalue weighted by molar-refractivity contribution is 5.15. The van der Waals surface area contributed by atoms with E-state index in [9.17, 15) is 0 Å². The van der Waals surface area contributed by atoms with Crippen molar-refractivity contribution in [3.63, 3.8) is 0 Å². The summed E-state index contributed by atoms with van der Waals surface area (Å²) >= 11 is 0. The summed E-state index contributed by atoms with van der Waals surface area (Å²) in [5.74, 6) is 0. The average Bonchev–Trinajstić information content (AvgIpc) is 2.66. The van der Waals surface area contributed by atoms with Gasteiger partial charge in [-0.25, -0.2) is 0 Å². The Bertz CT molecular complexity index is 297. The molecule has 1 saturated heterocycles. The van der Waals surface area contributed by atoms with Gasteiger partial charge in [-0.15, -0.1) is 0 Å². The Morgan fingerprint density at radius 2 is 2.13 bits per heavy atom. The molecule has 2 rings (SSSR count). The molecule has 0 bridgehead atoms. The van der Waals surface area contributed by atoms with Gasteiger partial charge in [0.2, 0.25) is 0 Å². The van der Waals surface area contributed by atoms with Crippen LogP contribution in [0, 0.1) is 0 Å². The van der Waals surface area contributed by atoms with Gasteiger partial charge in [0.1, 0.15) is 0 Å². The van der Waals surface area contributed by atoms with E-state index in [1.54, 1.807) is 0 Å². The van der Waals surface area contributed by atoms with Crippen LogP contribution in [0.4, 0.5) is 0 Å². The lowest BCUT2D eigenvalue weighted by Crippen LogP contribution is -2.34. The zero-order chi connectivity index (χ0) is 10.7. The fourth-order valence-corrected chi connectivity index (χ4v) is 2.30. The van der Waals surface area contributed by atoms with Crippen LogP contribution < -0.4 is 5.73 Å². The van der Waals surface area contributed by atoms with Gasteiger partial charge in [-0.1, -0.05) is 30.3 Å². The molecule has 82 valence electrons. The smallest absolute Gasteiger partial charge is 0.0180 e. The van der Waals surface area contributed by atoms with E-state index in [1.807, 2.05) is 0 Å². The van der Waals surface area contributed by atoms with Crippen molar-refractivity contribution in [2.24, 2.45) is 5.73 Å². The number of nitrogens with two attached hydrogens (primary N) is 1. The number of likely N-dealkylation sites (tertiary alicyclic amines) is 1. The van der Waals surface area contributed by atoms with Gasteiger partial charge in [-0.05, 0) is 25.3 Å². The highest BCUT2D eigenvalue weighted by atomic mass is 15.2. The van der Waals surface area contributed by atoms with Gasteiger partial charge >= 0.3 is 0 Å². The zero-order valence-corrected chi connectivity index (χ0v) is 9.39. The summed E-state index contributed by atoms with van der Waals surface area (Å²) in [5.41, 5.74) is 7.34. The first kappa shape index (κ1) is 10.7. The fraction of sp³-hybridized carbons (Fsp3) is 0.538. The first-order valence-corrected chi connectivity index (χ1v) is 5.79. The molecule has 0 radical (unpaired) electrons. The molecule has 0 amide bonds. The standard InChI is InChI=1S/C13H20N2/c1-11(15-8-7-13(14)10-15)9-12-5-3-2-4-6-12/h2-6,11,13H,7-10,14H2,1H3/t11-,13-/m1/s1. The highest BCUT2D eigenvalue weighted by Gasteiger charge is 2.23. The lowest BCUT2D eigenvalue weighted by Gasteiger charge is -2.24. The molecule has 1 fully saturated rings. The van der Waals surface area contributed by atoms with Gasteiger partial charge in [-0.2, -0.15) is 0 Å². The summed E-state index contributed by atoms with van der Waals surface area (Å²) in [7, 11) is 0. The summed E-state index contributed by atoms with van der Waals surface area (Å²) in [6.07, 6.45) is 2.28.